The van der Waals surface area contributed by atoms with Gasteiger partial charge in [-0.3, -0.25) is 0 Å². The van der Waals surface area contributed by atoms with E-state index in [1.807, 2.05) is 13.8 Å². The summed E-state index contributed by atoms with van der Waals surface area (Å²) in [6.07, 6.45) is -5.32. The predicted molar refractivity (Wildman–Crippen MR) is 72.1 cm³/mol. The van der Waals surface area contributed by atoms with Crippen molar-refractivity contribution in [2.24, 2.45) is 5.41 Å². The summed E-state index contributed by atoms with van der Waals surface area (Å²) >= 11 is -0.905. The third-order valence-corrected chi connectivity index (χ3v) is 9.74. The SMILES string of the molecule is CC1(C)CO[P+]([O-])([Se][C@H]2O[C@H](CO)[C@H](O)[C@H](O)[C@H]2O)OC1. The van der Waals surface area contributed by atoms with Crippen LogP contribution < -0.4 is 4.89 Å². The fourth-order valence-corrected chi connectivity index (χ4v) is 8.34. The quantitative estimate of drug-likeness (QED) is 0.309. The molecule has 0 aromatic carbocycles. The minimum absolute atomic E-state index is 0.237. The molecule has 0 unspecified atom stereocenters. The summed E-state index contributed by atoms with van der Waals surface area (Å²) in [7, 11) is 0. The van der Waals surface area contributed by atoms with Crippen LogP contribution in [0.25, 0.3) is 0 Å². The molecule has 10 heteroatoms. The van der Waals surface area contributed by atoms with Gasteiger partial charge in [-0.2, -0.15) is 0 Å². The van der Waals surface area contributed by atoms with Crippen molar-refractivity contribution in [1.82, 2.24) is 0 Å². The van der Waals surface area contributed by atoms with E-state index in [0.29, 0.717) is 0 Å². The van der Waals surface area contributed by atoms with E-state index in [1.165, 1.54) is 0 Å². The maximum absolute atomic E-state index is 12.5. The molecule has 4 N–H and O–H groups in total. The van der Waals surface area contributed by atoms with Crippen LogP contribution in [0.15, 0.2) is 0 Å². The second kappa shape index (κ2) is 6.63. The molecule has 0 saturated carbocycles. The van der Waals surface area contributed by atoms with E-state index in [2.05, 4.69) is 0 Å². The molecule has 0 amide bonds. The zero-order chi connectivity index (χ0) is 15.8. The van der Waals surface area contributed by atoms with Crippen LogP contribution in [0.2, 0.25) is 0 Å². The topological polar surface area (TPSA) is 132 Å². The van der Waals surface area contributed by atoms with Crippen molar-refractivity contribution < 1.29 is 39.1 Å². The van der Waals surface area contributed by atoms with Gasteiger partial charge in [0.1, 0.15) is 0 Å². The van der Waals surface area contributed by atoms with Crippen LogP contribution in [0.3, 0.4) is 0 Å². The minimum atomic E-state index is -3.38. The molecule has 2 aliphatic rings. The Bertz CT molecular complexity index is 358. The Morgan fingerprint density at radius 2 is 1.71 bits per heavy atom. The Hall–Kier alpha value is 0.629. The van der Waals surface area contributed by atoms with Crippen LogP contribution in [-0.2, 0) is 13.8 Å². The van der Waals surface area contributed by atoms with E-state index < -0.39 is 57.2 Å². The van der Waals surface area contributed by atoms with Crippen molar-refractivity contribution >= 4 is 21.1 Å². The molecule has 8 nitrogen and oxygen atoms in total. The van der Waals surface area contributed by atoms with E-state index in [9.17, 15) is 20.2 Å². The van der Waals surface area contributed by atoms with Gasteiger partial charge >= 0.3 is 129 Å². The van der Waals surface area contributed by atoms with Gasteiger partial charge in [0.2, 0.25) is 0 Å². The average molecular weight is 391 g/mol. The zero-order valence-corrected chi connectivity index (χ0v) is 14.4. The number of hydrogen-bond donors (Lipinski definition) is 4. The Morgan fingerprint density at radius 3 is 2.24 bits per heavy atom. The second-order valence-corrected chi connectivity index (χ2v) is 12.7. The van der Waals surface area contributed by atoms with Gasteiger partial charge in [0.05, 0.1) is 0 Å². The summed E-state index contributed by atoms with van der Waals surface area (Å²) in [6.45, 7) is 0.466. The van der Waals surface area contributed by atoms with Gasteiger partial charge in [-0.1, -0.05) is 0 Å². The molecule has 0 aliphatic carbocycles. The van der Waals surface area contributed by atoms with Gasteiger partial charge in [0.15, 0.2) is 0 Å². The molecule has 0 aromatic rings. The Kier molecular flexibility index (Phi) is 5.67. The van der Waals surface area contributed by atoms with E-state index in [1.54, 1.807) is 0 Å². The fourth-order valence-electron chi connectivity index (χ4n) is 1.93. The van der Waals surface area contributed by atoms with Gasteiger partial charge in [-0.25, -0.2) is 0 Å². The molecule has 0 bridgehead atoms. The van der Waals surface area contributed by atoms with Crippen molar-refractivity contribution in [1.29, 1.82) is 0 Å². The monoisotopic (exact) mass is 392 g/mol. The summed E-state index contributed by atoms with van der Waals surface area (Å²) in [5.41, 5.74) is -0.237. The van der Waals surface area contributed by atoms with Crippen molar-refractivity contribution in [2.75, 3.05) is 19.8 Å². The van der Waals surface area contributed by atoms with Crippen LogP contribution in [0.4, 0.5) is 0 Å². The van der Waals surface area contributed by atoms with Gasteiger partial charge in [0, 0.05) is 0 Å². The molecular formula is C11H21O8PSe. The maximum atomic E-state index is 12.5. The Balaban J connectivity index is 2.01. The molecule has 21 heavy (non-hydrogen) atoms. The zero-order valence-electron chi connectivity index (χ0n) is 11.8. The third-order valence-electron chi connectivity index (χ3n) is 3.31. The molecule has 2 saturated heterocycles. The third kappa shape index (κ3) is 4.13. The number of hydrogen-bond acceptors (Lipinski definition) is 8. The first-order valence-corrected chi connectivity index (χ1v) is 11.3. The predicted octanol–water partition coefficient (Wildman–Crippen LogP) is -2.40. The van der Waals surface area contributed by atoms with E-state index in [0.717, 1.165) is 0 Å². The number of rotatable bonds is 3. The van der Waals surface area contributed by atoms with Gasteiger partial charge in [0.25, 0.3) is 0 Å². The van der Waals surface area contributed by atoms with Crippen LogP contribution >= 0.6 is 6.63 Å². The molecule has 2 rings (SSSR count). The van der Waals surface area contributed by atoms with Crippen molar-refractivity contribution in [3.05, 3.63) is 0 Å². The summed E-state index contributed by atoms with van der Waals surface area (Å²) in [5, 5.41) is 37.5. The fraction of sp³-hybridized carbons (Fsp3) is 1.00. The summed E-state index contributed by atoms with van der Waals surface area (Å²) < 4.78 is 16.0. The molecule has 2 aliphatic heterocycles. The Labute approximate surface area is 129 Å². The molecule has 0 aromatic heterocycles. The van der Waals surface area contributed by atoms with Crippen LogP contribution in [-0.4, -0.2) is 84.2 Å². The summed E-state index contributed by atoms with van der Waals surface area (Å²) in [4.78, 5) is 12.5. The first kappa shape index (κ1) is 18.0. The molecule has 124 valence electrons. The van der Waals surface area contributed by atoms with Gasteiger partial charge in [-0.05, 0) is 0 Å². The molecule has 2 heterocycles. The first-order chi connectivity index (χ1) is 9.67. The van der Waals surface area contributed by atoms with E-state index in [4.69, 9.17) is 18.9 Å². The van der Waals surface area contributed by atoms with Crippen LogP contribution in [0.5, 0.6) is 0 Å². The Morgan fingerprint density at radius 1 is 1.14 bits per heavy atom. The molecule has 0 radical (unpaired) electrons. The number of ether oxygens (including phenoxy) is 1. The molecule has 2 fully saturated rings. The van der Waals surface area contributed by atoms with Gasteiger partial charge < -0.3 is 0 Å². The molecule has 5 atom stereocenters. The molecular weight excluding hydrogens is 370 g/mol. The average Bonchev–Trinajstić information content (AvgIpc) is 2.43. The van der Waals surface area contributed by atoms with Crippen molar-refractivity contribution in [3.63, 3.8) is 0 Å². The van der Waals surface area contributed by atoms with E-state index in [-0.39, 0.29) is 18.6 Å². The van der Waals surface area contributed by atoms with Crippen LogP contribution in [0.1, 0.15) is 13.8 Å². The first-order valence-electron chi connectivity index (χ1n) is 6.55. The summed E-state index contributed by atoms with van der Waals surface area (Å²) in [6, 6.07) is 0. The normalized spacial score (nSPS) is 42.7. The standard InChI is InChI=1S/C11H21O8PSe/c1-11(2)4-17-20(16,18-5-11)21-10-9(15)8(14)7(13)6(3-12)19-10/h6-10,12-15H,3-5H2,1-2H3/t6-,7+,8+,9-,10-/m1/s1. The second-order valence-electron chi connectivity index (χ2n) is 5.96. The van der Waals surface area contributed by atoms with Gasteiger partial charge in [-0.15, -0.1) is 0 Å². The van der Waals surface area contributed by atoms with Crippen molar-refractivity contribution in [2.45, 2.75) is 43.3 Å². The number of aliphatic hydroxyl groups excluding tert-OH is 4. The van der Waals surface area contributed by atoms with E-state index >= 15 is 0 Å². The summed E-state index contributed by atoms with van der Waals surface area (Å²) in [5.74, 6) is 0. The molecule has 0 spiro atoms. The number of aliphatic hydroxyl groups is 4. The van der Waals surface area contributed by atoms with Crippen LogP contribution in [0, 0.1) is 5.41 Å². The van der Waals surface area contributed by atoms with Crippen molar-refractivity contribution in [3.8, 4) is 0 Å².